The summed E-state index contributed by atoms with van der Waals surface area (Å²) in [4.78, 5) is 23.6. The van der Waals surface area contributed by atoms with Crippen molar-refractivity contribution in [1.82, 2.24) is 5.32 Å². The monoisotopic (exact) mass is 255 g/mol. The highest BCUT2D eigenvalue weighted by atomic mass is 32.1. The van der Waals surface area contributed by atoms with Crippen molar-refractivity contribution in [3.63, 3.8) is 0 Å². The number of amides is 1. The van der Waals surface area contributed by atoms with Crippen LogP contribution in [-0.2, 0) is 4.74 Å². The first-order valence-corrected chi connectivity index (χ1v) is 6.30. The van der Waals surface area contributed by atoms with Gasteiger partial charge in [-0.3, -0.25) is 4.79 Å². The molecule has 0 aliphatic carbocycles. The molecular weight excluding hydrogens is 238 g/mol. The summed E-state index contributed by atoms with van der Waals surface area (Å²) in [5, 5.41) is 4.41. The third-order valence-corrected chi connectivity index (χ3v) is 2.73. The number of Topliss-reactive ketones (excluding diaryl/α,β-unsaturated/α-hetero) is 1. The Balaban J connectivity index is 2.24. The summed E-state index contributed by atoms with van der Waals surface area (Å²) in [7, 11) is 0. The lowest BCUT2D eigenvalue weighted by Gasteiger charge is -2.19. The van der Waals surface area contributed by atoms with Crippen molar-refractivity contribution in [3.8, 4) is 0 Å². The molecule has 1 heterocycles. The van der Waals surface area contributed by atoms with Gasteiger partial charge in [0.1, 0.15) is 5.60 Å². The van der Waals surface area contributed by atoms with Crippen LogP contribution in [0, 0.1) is 0 Å². The zero-order valence-corrected chi connectivity index (χ0v) is 11.1. The fraction of sp³-hybridized carbons (Fsp3) is 0.500. The van der Waals surface area contributed by atoms with Crippen LogP contribution >= 0.6 is 11.3 Å². The van der Waals surface area contributed by atoms with Crippen molar-refractivity contribution >= 4 is 23.2 Å². The van der Waals surface area contributed by atoms with E-state index in [0.29, 0.717) is 13.0 Å². The molecule has 4 nitrogen and oxygen atoms in total. The molecule has 5 heteroatoms. The predicted octanol–water partition coefficient (Wildman–Crippen LogP) is 2.85. The molecule has 0 spiro atoms. The number of carbonyl (C=O) groups is 2. The van der Waals surface area contributed by atoms with Gasteiger partial charge in [-0.2, -0.15) is 0 Å². The molecule has 0 bridgehead atoms. The van der Waals surface area contributed by atoms with Crippen molar-refractivity contribution in [2.45, 2.75) is 32.8 Å². The van der Waals surface area contributed by atoms with Gasteiger partial charge in [0, 0.05) is 13.0 Å². The van der Waals surface area contributed by atoms with Gasteiger partial charge in [0.2, 0.25) is 0 Å². The number of ether oxygens (including phenoxy) is 1. The number of hydrogen-bond acceptors (Lipinski definition) is 4. The van der Waals surface area contributed by atoms with E-state index in [1.807, 2.05) is 11.4 Å². The lowest BCUT2D eigenvalue weighted by Crippen LogP contribution is -2.33. The molecule has 0 aliphatic heterocycles. The molecular formula is C12H17NO3S. The Hall–Kier alpha value is -1.36. The number of hydrogen-bond donors (Lipinski definition) is 1. The minimum Gasteiger partial charge on any atom is -0.444 e. The number of nitrogens with one attached hydrogen (secondary N) is 1. The molecule has 0 aliphatic rings. The van der Waals surface area contributed by atoms with E-state index in [9.17, 15) is 9.59 Å². The van der Waals surface area contributed by atoms with Crippen LogP contribution in [-0.4, -0.2) is 24.0 Å². The summed E-state index contributed by atoms with van der Waals surface area (Å²) in [5.74, 6) is 0.0380. The largest absolute Gasteiger partial charge is 0.444 e. The van der Waals surface area contributed by atoms with Crippen molar-refractivity contribution in [1.29, 1.82) is 0 Å². The molecule has 0 radical (unpaired) electrons. The molecule has 0 saturated heterocycles. The molecule has 1 aromatic heterocycles. The van der Waals surface area contributed by atoms with E-state index in [1.54, 1.807) is 26.8 Å². The van der Waals surface area contributed by atoms with Gasteiger partial charge < -0.3 is 10.1 Å². The number of carbonyl (C=O) groups excluding carboxylic acids is 2. The van der Waals surface area contributed by atoms with Crippen molar-refractivity contribution < 1.29 is 14.3 Å². The second kappa shape index (κ2) is 5.82. The molecule has 0 aromatic carbocycles. The van der Waals surface area contributed by atoms with E-state index in [4.69, 9.17) is 4.74 Å². The molecule has 0 saturated carbocycles. The lowest BCUT2D eigenvalue weighted by atomic mass is 10.2. The number of rotatable bonds is 4. The zero-order chi connectivity index (χ0) is 12.9. The first-order valence-electron chi connectivity index (χ1n) is 5.42. The van der Waals surface area contributed by atoms with Gasteiger partial charge in [0.05, 0.1) is 4.88 Å². The van der Waals surface area contributed by atoms with Gasteiger partial charge in [-0.05, 0) is 32.2 Å². The zero-order valence-electron chi connectivity index (χ0n) is 10.3. The quantitative estimate of drug-likeness (QED) is 0.842. The topological polar surface area (TPSA) is 55.4 Å². The van der Waals surface area contributed by atoms with E-state index >= 15 is 0 Å². The van der Waals surface area contributed by atoms with Crippen molar-refractivity contribution in [2.24, 2.45) is 0 Å². The van der Waals surface area contributed by atoms with Crippen LogP contribution in [0.15, 0.2) is 17.5 Å². The highest BCUT2D eigenvalue weighted by molar-refractivity contribution is 7.12. The molecule has 1 aromatic rings. The standard InChI is InChI=1S/C12H17NO3S/c1-12(2,3)16-11(15)13-7-6-9(14)10-5-4-8-17-10/h4-5,8H,6-7H2,1-3H3,(H,13,15). The third kappa shape index (κ3) is 5.49. The van der Waals surface area contributed by atoms with Gasteiger partial charge in [0.15, 0.2) is 5.78 Å². The van der Waals surface area contributed by atoms with E-state index < -0.39 is 11.7 Å². The van der Waals surface area contributed by atoms with Gasteiger partial charge in [-0.15, -0.1) is 11.3 Å². The van der Waals surface area contributed by atoms with Crippen molar-refractivity contribution in [2.75, 3.05) is 6.54 Å². The minimum atomic E-state index is -0.512. The molecule has 0 unspecified atom stereocenters. The van der Waals surface area contributed by atoms with Crippen LogP contribution in [0.4, 0.5) is 4.79 Å². The maximum absolute atomic E-state index is 11.6. The summed E-state index contributed by atoms with van der Waals surface area (Å²) in [5.41, 5.74) is -0.512. The highest BCUT2D eigenvalue weighted by Crippen LogP contribution is 2.11. The molecule has 0 atom stereocenters. The first kappa shape index (κ1) is 13.7. The molecule has 1 N–H and O–H groups in total. The normalized spacial score (nSPS) is 11.0. The summed E-state index contributed by atoms with van der Waals surface area (Å²) in [6, 6.07) is 3.61. The summed E-state index contributed by atoms with van der Waals surface area (Å²) in [6.07, 6.45) is -0.198. The Kier molecular flexibility index (Phi) is 4.69. The highest BCUT2D eigenvalue weighted by Gasteiger charge is 2.16. The Labute approximate surface area is 105 Å². The van der Waals surface area contributed by atoms with E-state index in [2.05, 4.69) is 5.32 Å². The van der Waals surface area contributed by atoms with E-state index in [0.717, 1.165) is 4.88 Å². The first-order chi connectivity index (χ1) is 7.88. The van der Waals surface area contributed by atoms with Gasteiger partial charge in [-0.1, -0.05) is 6.07 Å². The second-order valence-electron chi connectivity index (χ2n) is 4.58. The van der Waals surface area contributed by atoms with E-state index in [1.165, 1.54) is 11.3 Å². The Bertz CT molecular complexity index is 379. The van der Waals surface area contributed by atoms with Gasteiger partial charge >= 0.3 is 6.09 Å². The van der Waals surface area contributed by atoms with Crippen LogP contribution < -0.4 is 5.32 Å². The smallest absolute Gasteiger partial charge is 0.407 e. The van der Waals surface area contributed by atoms with Crippen LogP contribution in [0.5, 0.6) is 0 Å². The molecule has 94 valence electrons. The number of alkyl carbamates (subject to hydrolysis) is 1. The maximum Gasteiger partial charge on any atom is 0.407 e. The minimum absolute atomic E-state index is 0.0380. The Morgan fingerprint density at radius 1 is 1.41 bits per heavy atom. The van der Waals surface area contributed by atoms with Crippen LogP contribution in [0.25, 0.3) is 0 Å². The molecule has 1 rings (SSSR count). The predicted molar refractivity (Wildman–Crippen MR) is 67.5 cm³/mol. The van der Waals surface area contributed by atoms with Crippen LogP contribution in [0.3, 0.4) is 0 Å². The Morgan fingerprint density at radius 3 is 2.65 bits per heavy atom. The Morgan fingerprint density at radius 2 is 2.12 bits per heavy atom. The summed E-state index contributed by atoms with van der Waals surface area (Å²) in [6.45, 7) is 5.68. The fourth-order valence-corrected chi connectivity index (χ4v) is 1.85. The third-order valence-electron chi connectivity index (χ3n) is 1.82. The second-order valence-corrected chi connectivity index (χ2v) is 5.53. The lowest BCUT2D eigenvalue weighted by molar-refractivity contribution is 0.0527. The van der Waals surface area contributed by atoms with Crippen LogP contribution in [0.1, 0.15) is 36.9 Å². The van der Waals surface area contributed by atoms with E-state index in [-0.39, 0.29) is 5.78 Å². The SMILES string of the molecule is CC(C)(C)OC(=O)NCCC(=O)c1cccs1. The van der Waals surface area contributed by atoms with Gasteiger partial charge in [0.25, 0.3) is 0 Å². The van der Waals surface area contributed by atoms with Crippen molar-refractivity contribution in [3.05, 3.63) is 22.4 Å². The van der Waals surface area contributed by atoms with Crippen LogP contribution in [0.2, 0.25) is 0 Å². The molecule has 17 heavy (non-hydrogen) atoms. The number of thiophene rings is 1. The summed E-state index contributed by atoms with van der Waals surface area (Å²) < 4.78 is 5.05. The van der Waals surface area contributed by atoms with Gasteiger partial charge in [-0.25, -0.2) is 4.79 Å². The fourth-order valence-electron chi connectivity index (χ4n) is 1.15. The average molecular weight is 255 g/mol. The molecule has 0 fully saturated rings. The maximum atomic E-state index is 11.6. The number of ketones is 1. The summed E-state index contributed by atoms with van der Waals surface area (Å²) >= 11 is 1.41. The molecule has 1 amide bonds. The average Bonchev–Trinajstić information content (AvgIpc) is 2.66.